The highest BCUT2D eigenvalue weighted by atomic mass is 32.1. The molecule has 1 fully saturated rings. The van der Waals surface area contributed by atoms with Crippen molar-refractivity contribution >= 4 is 22.6 Å². The molecule has 0 aliphatic carbocycles. The lowest BCUT2D eigenvalue weighted by molar-refractivity contribution is 0.0563. The van der Waals surface area contributed by atoms with Crippen molar-refractivity contribution in [3.05, 3.63) is 23.4 Å². The van der Waals surface area contributed by atoms with Crippen molar-refractivity contribution in [3.63, 3.8) is 0 Å². The summed E-state index contributed by atoms with van der Waals surface area (Å²) in [5.41, 5.74) is 2.22. The molecule has 0 N–H and O–H groups in total. The Morgan fingerprint density at radius 3 is 2.52 bits per heavy atom. The molecule has 1 aliphatic heterocycles. The summed E-state index contributed by atoms with van der Waals surface area (Å²) in [7, 11) is 0. The first-order chi connectivity index (χ1) is 10.8. The van der Waals surface area contributed by atoms with Crippen LogP contribution in [0.5, 0.6) is 0 Å². The summed E-state index contributed by atoms with van der Waals surface area (Å²) in [6.45, 7) is 14.6. The highest BCUT2D eigenvalue weighted by Gasteiger charge is 2.37. The van der Waals surface area contributed by atoms with Gasteiger partial charge in [0.1, 0.15) is 5.00 Å². The van der Waals surface area contributed by atoms with Crippen LogP contribution in [0.1, 0.15) is 45.9 Å². The van der Waals surface area contributed by atoms with Gasteiger partial charge in [-0.2, -0.15) is 4.37 Å². The number of hydrogen-bond donors (Lipinski definition) is 0. The van der Waals surface area contributed by atoms with Crippen LogP contribution in [0, 0.1) is 6.92 Å². The monoisotopic (exact) mass is 336 g/mol. The maximum Gasteiger partial charge on any atom is 0.327 e. The predicted octanol–water partition coefficient (Wildman–Crippen LogP) is 3.85. The molecular weight excluding hydrogens is 308 g/mol. The van der Waals surface area contributed by atoms with Gasteiger partial charge in [0.05, 0.1) is 19.0 Å². The van der Waals surface area contributed by atoms with E-state index in [2.05, 4.69) is 43.9 Å². The Balaban J connectivity index is 2.35. The van der Waals surface area contributed by atoms with Crippen LogP contribution >= 0.6 is 11.5 Å². The topological polar surface area (TPSA) is 39.7 Å². The van der Waals surface area contributed by atoms with Gasteiger partial charge in [-0.3, -0.25) is 9.80 Å². The fourth-order valence-corrected chi connectivity index (χ4v) is 3.55. The molecule has 0 spiro atoms. The molecule has 2 rings (SSSR count). The summed E-state index contributed by atoms with van der Waals surface area (Å²) in [4.78, 5) is 19.0. The molecule has 1 aromatic heterocycles. The van der Waals surface area contributed by atoms with E-state index in [1.807, 2.05) is 28.9 Å². The molecule has 0 unspecified atom stereocenters. The highest BCUT2D eigenvalue weighted by Crippen LogP contribution is 2.32. The Bertz CT molecular complexity index is 588. The number of carbonyl (C=O) groups is 1. The molecule has 2 heterocycles. The van der Waals surface area contributed by atoms with Crippen LogP contribution in [-0.2, 0) is 6.42 Å². The molecule has 1 aromatic rings. The van der Waals surface area contributed by atoms with Crippen LogP contribution in [0.4, 0.5) is 9.80 Å². The van der Waals surface area contributed by atoms with Gasteiger partial charge >= 0.3 is 6.03 Å². The van der Waals surface area contributed by atoms with E-state index in [9.17, 15) is 4.79 Å². The molecule has 6 heteroatoms. The maximum atomic E-state index is 12.9. The van der Waals surface area contributed by atoms with Crippen LogP contribution in [0.15, 0.2) is 12.2 Å². The highest BCUT2D eigenvalue weighted by molar-refractivity contribution is 7.10. The van der Waals surface area contributed by atoms with E-state index in [-0.39, 0.29) is 11.6 Å². The lowest BCUT2D eigenvalue weighted by Crippen LogP contribution is -2.62. The molecule has 5 nitrogen and oxygen atoms in total. The SMILES string of the molecule is CC=CCN1CN(C(C)(C)C)CN(c2snc(CC)c2C)C1=O. The van der Waals surface area contributed by atoms with E-state index in [0.717, 1.165) is 22.7 Å². The molecule has 1 saturated heterocycles. The Morgan fingerprint density at radius 2 is 2.00 bits per heavy atom. The van der Waals surface area contributed by atoms with Crippen LogP contribution in [0.25, 0.3) is 0 Å². The zero-order chi connectivity index (χ0) is 17.2. The first-order valence-electron chi connectivity index (χ1n) is 8.17. The number of hydrogen-bond acceptors (Lipinski definition) is 4. The number of amides is 2. The number of aromatic nitrogens is 1. The first-order valence-corrected chi connectivity index (χ1v) is 8.94. The molecule has 128 valence electrons. The number of carbonyl (C=O) groups excluding carboxylic acids is 1. The van der Waals surface area contributed by atoms with E-state index < -0.39 is 0 Å². The van der Waals surface area contributed by atoms with Crippen molar-refractivity contribution in [1.29, 1.82) is 0 Å². The van der Waals surface area contributed by atoms with E-state index in [1.54, 1.807) is 0 Å². The second-order valence-corrected chi connectivity index (χ2v) is 7.66. The van der Waals surface area contributed by atoms with Crippen molar-refractivity contribution < 1.29 is 4.79 Å². The van der Waals surface area contributed by atoms with Crippen LogP contribution in [0.2, 0.25) is 0 Å². The van der Waals surface area contributed by atoms with Crippen molar-refractivity contribution in [3.8, 4) is 0 Å². The Kier molecular flexibility index (Phi) is 5.47. The third-order valence-corrected chi connectivity index (χ3v) is 5.25. The van der Waals surface area contributed by atoms with E-state index >= 15 is 0 Å². The Hall–Kier alpha value is -1.40. The summed E-state index contributed by atoms with van der Waals surface area (Å²) in [6, 6.07) is 0.0676. The summed E-state index contributed by atoms with van der Waals surface area (Å²) in [5.74, 6) is 0. The zero-order valence-electron chi connectivity index (χ0n) is 15.1. The molecule has 0 bridgehead atoms. The van der Waals surface area contributed by atoms with Gasteiger partial charge in [-0.15, -0.1) is 0 Å². The van der Waals surface area contributed by atoms with Crippen LogP contribution < -0.4 is 4.90 Å². The van der Waals surface area contributed by atoms with Crippen molar-refractivity contribution in [2.24, 2.45) is 0 Å². The number of urea groups is 1. The second kappa shape index (κ2) is 7.01. The quantitative estimate of drug-likeness (QED) is 0.784. The van der Waals surface area contributed by atoms with Gasteiger partial charge < -0.3 is 4.90 Å². The second-order valence-electron chi connectivity index (χ2n) is 6.91. The minimum Gasteiger partial charge on any atom is -0.308 e. The first kappa shape index (κ1) is 17.9. The number of allylic oxidation sites excluding steroid dienone is 1. The third kappa shape index (κ3) is 3.75. The lowest BCUT2D eigenvalue weighted by atomic mass is 10.1. The maximum absolute atomic E-state index is 12.9. The van der Waals surface area contributed by atoms with E-state index in [4.69, 9.17) is 0 Å². The predicted molar refractivity (Wildman–Crippen MR) is 97.0 cm³/mol. The zero-order valence-corrected chi connectivity index (χ0v) is 15.9. The normalized spacial score (nSPS) is 17.6. The van der Waals surface area contributed by atoms with Gasteiger partial charge in [0.15, 0.2) is 0 Å². The molecule has 23 heavy (non-hydrogen) atoms. The van der Waals surface area contributed by atoms with Crippen LogP contribution in [-0.4, -0.2) is 45.6 Å². The lowest BCUT2D eigenvalue weighted by Gasteiger charge is -2.47. The van der Waals surface area contributed by atoms with Crippen molar-refractivity contribution in [2.45, 2.75) is 53.5 Å². The third-order valence-electron chi connectivity index (χ3n) is 4.24. The number of rotatable bonds is 4. The number of aryl methyl sites for hydroxylation is 1. The summed E-state index contributed by atoms with van der Waals surface area (Å²) < 4.78 is 4.52. The van der Waals surface area contributed by atoms with Gasteiger partial charge in [0.2, 0.25) is 0 Å². The van der Waals surface area contributed by atoms with Crippen LogP contribution in [0.3, 0.4) is 0 Å². The average Bonchev–Trinajstić information content (AvgIpc) is 2.86. The summed E-state index contributed by atoms with van der Waals surface area (Å²) >= 11 is 1.43. The standard InChI is InChI=1S/C17H28N4OS/c1-7-9-10-19-11-20(17(4,5)6)12-21(16(19)22)15-13(3)14(8-2)18-23-15/h7,9H,8,10-12H2,1-6H3. The molecular formula is C17H28N4OS. The van der Waals surface area contributed by atoms with E-state index in [1.165, 1.54) is 11.5 Å². The molecule has 1 aliphatic rings. The van der Waals surface area contributed by atoms with Gasteiger partial charge in [0.25, 0.3) is 0 Å². The van der Waals surface area contributed by atoms with Crippen molar-refractivity contribution in [1.82, 2.24) is 14.2 Å². The van der Waals surface area contributed by atoms with E-state index in [0.29, 0.717) is 19.9 Å². The molecule has 0 atom stereocenters. The van der Waals surface area contributed by atoms with Gasteiger partial charge in [-0.25, -0.2) is 4.79 Å². The van der Waals surface area contributed by atoms with Crippen molar-refractivity contribution in [2.75, 3.05) is 24.8 Å². The molecule has 0 radical (unpaired) electrons. The Morgan fingerprint density at radius 1 is 1.30 bits per heavy atom. The van der Waals surface area contributed by atoms with Gasteiger partial charge in [-0.05, 0) is 52.6 Å². The average molecular weight is 337 g/mol. The fraction of sp³-hybridized carbons (Fsp3) is 0.647. The smallest absolute Gasteiger partial charge is 0.308 e. The fourth-order valence-electron chi connectivity index (χ4n) is 2.60. The largest absolute Gasteiger partial charge is 0.327 e. The summed E-state index contributed by atoms with van der Waals surface area (Å²) in [5, 5.41) is 0.978. The number of anilines is 1. The minimum absolute atomic E-state index is 0.000686. The summed E-state index contributed by atoms with van der Waals surface area (Å²) in [6.07, 6.45) is 4.91. The number of nitrogens with zero attached hydrogens (tertiary/aromatic N) is 4. The molecule has 0 saturated carbocycles. The van der Waals surface area contributed by atoms with Gasteiger partial charge in [-0.1, -0.05) is 19.1 Å². The molecule has 0 aromatic carbocycles. The molecule has 2 amide bonds. The van der Waals surface area contributed by atoms with Gasteiger partial charge in [0, 0.05) is 17.6 Å². The Labute approximate surface area is 143 Å². The minimum atomic E-state index is -0.000686.